The summed E-state index contributed by atoms with van der Waals surface area (Å²) in [6, 6.07) is 3.88. The molecule has 0 amide bonds. The van der Waals surface area contributed by atoms with E-state index in [0.29, 0.717) is 53.9 Å². The van der Waals surface area contributed by atoms with E-state index in [4.69, 9.17) is 20.2 Å². The zero-order valence-corrected chi connectivity index (χ0v) is 18.4. The van der Waals surface area contributed by atoms with E-state index in [0.717, 1.165) is 23.2 Å². The maximum Gasteiger partial charge on any atom is 0.312 e. The number of imidazole rings is 1. The lowest BCUT2D eigenvalue weighted by molar-refractivity contribution is 0.174. The lowest BCUT2D eigenvalue weighted by atomic mass is 9.98. The second-order valence-electron chi connectivity index (χ2n) is 8.35. The molecule has 0 saturated carbocycles. The number of fused-ring (bicyclic) bond motifs is 2. The summed E-state index contributed by atoms with van der Waals surface area (Å²) in [7, 11) is 0. The molecule has 0 radical (unpaired) electrons. The molecule has 0 bridgehead atoms. The van der Waals surface area contributed by atoms with Crippen molar-refractivity contribution in [1.29, 1.82) is 0 Å². The second kappa shape index (κ2) is 8.66. The molecular weight excluding hydrogens is 427 g/mol. The van der Waals surface area contributed by atoms with Gasteiger partial charge in [-0.1, -0.05) is 13.8 Å². The Morgan fingerprint density at radius 1 is 1.21 bits per heavy atom. The van der Waals surface area contributed by atoms with Gasteiger partial charge in [0.15, 0.2) is 28.5 Å². The molecule has 0 fully saturated rings. The number of nitrogens with zero attached hydrogens (tertiary/aromatic N) is 5. The van der Waals surface area contributed by atoms with Crippen molar-refractivity contribution in [3.05, 3.63) is 42.0 Å². The Bertz CT molecular complexity index is 1290. The van der Waals surface area contributed by atoms with Crippen LogP contribution in [0.5, 0.6) is 11.5 Å². The van der Waals surface area contributed by atoms with Crippen molar-refractivity contribution < 1.29 is 13.9 Å². The SMILES string of the molecule is CC(C)CNCCn1c(Cc2cc3c(cc2-c2cn[nH]c2)OCO3)nc2c(N)nc(F)nc21. The third-order valence-corrected chi connectivity index (χ3v) is 5.49. The van der Waals surface area contributed by atoms with Gasteiger partial charge in [-0.25, -0.2) is 4.98 Å². The number of nitrogen functional groups attached to an aromatic ring is 1. The first-order chi connectivity index (χ1) is 16.0. The van der Waals surface area contributed by atoms with E-state index in [1.54, 1.807) is 6.20 Å². The number of nitrogens with two attached hydrogens (primary N) is 1. The zero-order valence-electron chi connectivity index (χ0n) is 18.4. The molecule has 0 spiro atoms. The van der Waals surface area contributed by atoms with Crippen LogP contribution in [0, 0.1) is 12.0 Å². The first-order valence-electron chi connectivity index (χ1n) is 10.8. The van der Waals surface area contributed by atoms with Crippen molar-refractivity contribution in [2.24, 2.45) is 5.92 Å². The van der Waals surface area contributed by atoms with E-state index in [1.165, 1.54) is 0 Å². The molecule has 1 aliphatic rings. The quantitative estimate of drug-likeness (QED) is 0.275. The molecule has 0 aliphatic carbocycles. The summed E-state index contributed by atoms with van der Waals surface area (Å²) in [6.45, 7) is 6.57. The minimum atomic E-state index is -0.870. The number of aromatic nitrogens is 6. The fourth-order valence-electron chi connectivity index (χ4n) is 3.96. The Balaban J connectivity index is 1.56. The van der Waals surface area contributed by atoms with Gasteiger partial charge < -0.3 is 25.1 Å². The number of H-pyrrole nitrogens is 1. The fourth-order valence-corrected chi connectivity index (χ4v) is 3.96. The standard InChI is InChI=1S/C22H25FN8O2/c1-12(2)8-25-3-4-31-18(28-19-20(24)29-22(23)30-21(19)31)6-13-5-16-17(33-11-32-16)7-15(13)14-9-26-27-10-14/h5,7,9-10,12,25H,3-4,6,8,11H2,1-2H3,(H,26,27)(H2,24,29,30). The smallest absolute Gasteiger partial charge is 0.312 e. The van der Waals surface area contributed by atoms with Crippen LogP contribution in [0.2, 0.25) is 0 Å². The van der Waals surface area contributed by atoms with Crippen molar-refractivity contribution in [2.45, 2.75) is 26.8 Å². The molecule has 1 aliphatic heterocycles. The summed E-state index contributed by atoms with van der Waals surface area (Å²) in [5.74, 6) is 2.59. The normalized spacial score (nSPS) is 12.8. The number of aromatic amines is 1. The molecule has 33 heavy (non-hydrogen) atoms. The van der Waals surface area contributed by atoms with Crippen molar-refractivity contribution in [3.8, 4) is 22.6 Å². The Labute approximate surface area is 189 Å². The molecule has 3 aromatic heterocycles. The Morgan fingerprint density at radius 3 is 2.79 bits per heavy atom. The summed E-state index contributed by atoms with van der Waals surface area (Å²) in [5, 5.41) is 10.3. The van der Waals surface area contributed by atoms with Crippen LogP contribution in [-0.4, -0.2) is 49.6 Å². The van der Waals surface area contributed by atoms with E-state index in [-0.39, 0.29) is 12.6 Å². The number of rotatable bonds is 8. The summed E-state index contributed by atoms with van der Waals surface area (Å²) in [4.78, 5) is 12.3. The van der Waals surface area contributed by atoms with Crippen LogP contribution in [0.15, 0.2) is 24.5 Å². The predicted octanol–water partition coefficient (Wildman–Crippen LogP) is 2.50. The van der Waals surface area contributed by atoms with Gasteiger partial charge in [-0.2, -0.15) is 19.5 Å². The van der Waals surface area contributed by atoms with Crippen molar-refractivity contribution in [2.75, 3.05) is 25.6 Å². The van der Waals surface area contributed by atoms with Gasteiger partial charge in [0.05, 0.1) is 6.20 Å². The summed E-state index contributed by atoms with van der Waals surface area (Å²) < 4.78 is 27.1. The predicted molar refractivity (Wildman–Crippen MR) is 120 cm³/mol. The number of hydrogen-bond acceptors (Lipinski definition) is 8. The van der Waals surface area contributed by atoms with Crippen LogP contribution >= 0.6 is 0 Å². The third-order valence-electron chi connectivity index (χ3n) is 5.49. The number of hydrogen-bond donors (Lipinski definition) is 3. The fraction of sp³-hybridized carbons (Fsp3) is 0.364. The molecule has 10 nitrogen and oxygen atoms in total. The van der Waals surface area contributed by atoms with Crippen LogP contribution in [0.3, 0.4) is 0 Å². The summed E-state index contributed by atoms with van der Waals surface area (Å²) >= 11 is 0. The van der Waals surface area contributed by atoms with Gasteiger partial charge in [0, 0.05) is 31.3 Å². The van der Waals surface area contributed by atoms with Gasteiger partial charge in [-0.3, -0.25) is 5.10 Å². The lowest BCUT2D eigenvalue weighted by Gasteiger charge is -2.13. The Kier molecular flexibility index (Phi) is 5.55. The third kappa shape index (κ3) is 4.19. The van der Waals surface area contributed by atoms with Gasteiger partial charge in [0.1, 0.15) is 5.82 Å². The van der Waals surface area contributed by atoms with Crippen molar-refractivity contribution in [3.63, 3.8) is 0 Å². The monoisotopic (exact) mass is 452 g/mol. The molecular formula is C22H25FN8O2. The van der Waals surface area contributed by atoms with Gasteiger partial charge >= 0.3 is 6.08 Å². The first-order valence-corrected chi connectivity index (χ1v) is 10.8. The molecule has 172 valence electrons. The molecule has 1 aromatic carbocycles. The highest BCUT2D eigenvalue weighted by molar-refractivity contribution is 5.82. The molecule has 0 atom stereocenters. The molecule has 0 saturated heterocycles. The zero-order chi connectivity index (χ0) is 22.9. The number of halogens is 1. The van der Waals surface area contributed by atoms with Crippen LogP contribution in [0.1, 0.15) is 25.2 Å². The minimum Gasteiger partial charge on any atom is -0.454 e. The molecule has 11 heteroatoms. The number of benzene rings is 1. The number of anilines is 1. The average Bonchev–Trinajstić information content (AvgIpc) is 3.51. The highest BCUT2D eigenvalue weighted by Gasteiger charge is 2.22. The average molecular weight is 452 g/mol. The molecule has 4 aromatic rings. The van der Waals surface area contributed by atoms with E-state index in [9.17, 15) is 4.39 Å². The largest absolute Gasteiger partial charge is 0.454 e. The molecule has 4 heterocycles. The highest BCUT2D eigenvalue weighted by Crippen LogP contribution is 2.39. The van der Waals surface area contributed by atoms with Crippen LogP contribution < -0.4 is 20.5 Å². The van der Waals surface area contributed by atoms with Crippen molar-refractivity contribution >= 4 is 17.0 Å². The van der Waals surface area contributed by atoms with Gasteiger partial charge in [0.25, 0.3) is 0 Å². The van der Waals surface area contributed by atoms with E-state index >= 15 is 0 Å². The van der Waals surface area contributed by atoms with Gasteiger partial charge in [-0.05, 0) is 35.7 Å². The minimum absolute atomic E-state index is 0.0217. The molecule has 4 N–H and O–H groups in total. The van der Waals surface area contributed by atoms with E-state index < -0.39 is 6.08 Å². The summed E-state index contributed by atoms with van der Waals surface area (Å²) in [5.41, 5.74) is 9.56. The van der Waals surface area contributed by atoms with Crippen molar-refractivity contribution in [1.82, 2.24) is 35.0 Å². The van der Waals surface area contributed by atoms with Gasteiger partial charge in [0.2, 0.25) is 6.79 Å². The Morgan fingerprint density at radius 2 is 2.03 bits per heavy atom. The molecule has 5 rings (SSSR count). The van der Waals surface area contributed by atoms with E-state index in [2.05, 4.69) is 39.3 Å². The maximum absolute atomic E-state index is 14.0. The maximum atomic E-state index is 14.0. The summed E-state index contributed by atoms with van der Waals surface area (Å²) in [6.07, 6.45) is 3.14. The van der Waals surface area contributed by atoms with E-state index in [1.807, 2.05) is 22.9 Å². The lowest BCUT2D eigenvalue weighted by Crippen LogP contribution is -2.25. The highest BCUT2D eigenvalue weighted by atomic mass is 19.1. The van der Waals surface area contributed by atoms with Gasteiger partial charge in [-0.15, -0.1) is 0 Å². The first kappa shape index (κ1) is 21.1. The van der Waals surface area contributed by atoms with Crippen LogP contribution in [-0.2, 0) is 13.0 Å². The number of ether oxygens (including phenoxy) is 2. The molecule has 0 unspecified atom stereocenters. The van der Waals surface area contributed by atoms with Crippen LogP contribution in [0.25, 0.3) is 22.3 Å². The number of nitrogens with one attached hydrogen (secondary N) is 2. The Hall–Kier alpha value is -3.73. The second-order valence-corrected chi connectivity index (χ2v) is 8.35. The topological polar surface area (TPSA) is 129 Å². The van der Waals surface area contributed by atoms with Crippen LogP contribution in [0.4, 0.5) is 10.2 Å².